The number of nitrogens with two attached hydrogens (primary N) is 1. The highest BCUT2D eigenvalue weighted by Crippen LogP contribution is 2.28. The maximum Gasteiger partial charge on any atom is 0.243 e. The van der Waals surface area contributed by atoms with Gasteiger partial charge in [0, 0.05) is 25.0 Å². The number of aryl methyl sites for hydroxylation is 1. The molecule has 2 aromatic carbocycles. The van der Waals surface area contributed by atoms with Crippen molar-refractivity contribution in [3.8, 4) is 5.69 Å². The Balaban J connectivity index is 1.43. The molecule has 4 rings (SSSR count). The number of nitrogens with zero attached hydrogens (tertiary/aromatic N) is 5. The SMILES string of the molecule is Cc1nn(-c2ccccc2)c(N)c1C(=S)SN=Nc1ccc(S(=O)(=O)N2CCOCC2)cc1. The third-order valence-electron chi connectivity index (χ3n) is 5.03. The molecule has 0 amide bonds. The summed E-state index contributed by atoms with van der Waals surface area (Å²) in [5.41, 5.74) is 8.99. The first-order chi connectivity index (χ1) is 15.9. The molecule has 9 nitrogen and oxygen atoms in total. The number of morpholine rings is 1. The Hall–Kier alpha value is -2.64. The Kier molecular flexibility index (Phi) is 7.20. The van der Waals surface area contributed by atoms with E-state index in [0.29, 0.717) is 53.3 Å². The molecule has 2 heterocycles. The predicted octanol–water partition coefficient (Wildman–Crippen LogP) is 3.89. The van der Waals surface area contributed by atoms with Crippen molar-refractivity contribution < 1.29 is 13.2 Å². The van der Waals surface area contributed by atoms with Gasteiger partial charge in [0.15, 0.2) is 0 Å². The van der Waals surface area contributed by atoms with Gasteiger partial charge in [-0.15, -0.1) is 9.63 Å². The third-order valence-corrected chi connectivity index (χ3v) is 7.90. The fourth-order valence-corrected chi connectivity index (χ4v) is 5.65. The highest BCUT2D eigenvalue weighted by molar-refractivity contribution is 8.22. The van der Waals surface area contributed by atoms with Gasteiger partial charge >= 0.3 is 0 Å². The molecule has 0 atom stereocenters. The number of nitrogen functional groups attached to an aromatic ring is 1. The molecule has 33 heavy (non-hydrogen) atoms. The number of hydrogen-bond acceptors (Lipinski definition) is 9. The van der Waals surface area contributed by atoms with Crippen LogP contribution in [0.2, 0.25) is 0 Å². The van der Waals surface area contributed by atoms with Crippen molar-refractivity contribution in [2.24, 2.45) is 9.63 Å². The molecule has 0 radical (unpaired) electrons. The first-order valence-corrected chi connectivity index (χ1v) is 12.7. The van der Waals surface area contributed by atoms with Crippen LogP contribution >= 0.6 is 24.2 Å². The second-order valence-corrected chi connectivity index (χ2v) is 10.5. The van der Waals surface area contributed by atoms with Gasteiger partial charge in [0.05, 0.1) is 40.7 Å². The van der Waals surface area contributed by atoms with Crippen molar-refractivity contribution >= 4 is 49.9 Å². The van der Waals surface area contributed by atoms with E-state index >= 15 is 0 Å². The topological polar surface area (TPSA) is 115 Å². The van der Waals surface area contributed by atoms with Crippen molar-refractivity contribution in [1.82, 2.24) is 14.1 Å². The molecular weight excluding hydrogens is 480 g/mol. The van der Waals surface area contributed by atoms with Crippen molar-refractivity contribution in [2.75, 3.05) is 32.0 Å². The van der Waals surface area contributed by atoms with E-state index < -0.39 is 10.0 Å². The van der Waals surface area contributed by atoms with Crippen LogP contribution in [-0.4, -0.2) is 53.0 Å². The molecule has 1 aliphatic heterocycles. The highest BCUT2D eigenvalue weighted by atomic mass is 32.2. The quantitative estimate of drug-likeness (QED) is 0.309. The van der Waals surface area contributed by atoms with E-state index in [1.54, 1.807) is 16.8 Å². The summed E-state index contributed by atoms with van der Waals surface area (Å²) in [5, 5.41) is 8.62. The molecule has 1 saturated heterocycles. The van der Waals surface area contributed by atoms with Gasteiger partial charge in [-0.25, -0.2) is 13.1 Å². The number of thiocarbonyl (C=S) groups is 1. The predicted molar refractivity (Wildman–Crippen MR) is 133 cm³/mol. The third kappa shape index (κ3) is 5.14. The summed E-state index contributed by atoms with van der Waals surface area (Å²) in [6, 6.07) is 15.8. The summed E-state index contributed by atoms with van der Waals surface area (Å²) >= 11 is 6.51. The van der Waals surface area contributed by atoms with Crippen LogP contribution in [0.5, 0.6) is 0 Å². The van der Waals surface area contributed by atoms with E-state index in [1.165, 1.54) is 16.4 Å². The lowest BCUT2D eigenvalue weighted by atomic mass is 10.2. The number of ether oxygens (including phenoxy) is 1. The number of benzene rings is 2. The summed E-state index contributed by atoms with van der Waals surface area (Å²) < 4.78 is 38.2. The molecule has 1 fully saturated rings. The Morgan fingerprint density at radius 1 is 1.12 bits per heavy atom. The second-order valence-electron chi connectivity index (χ2n) is 7.16. The zero-order valence-electron chi connectivity index (χ0n) is 17.8. The van der Waals surface area contributed by atoms with Crippen LogP contribution in [0, 0.1) is 6.92 Å². The molecule has 1 aromatic heterocycles. The van der Waals surface area contributed by atoms with E-state index in [9.17, 15) is 8.42 Å². The van der Waals surface area contributed by atoms with Crippen LogP contribution in [0.3, 0.4) is 0 Å². The molecule has 1 aliphatic rings. The number of hydrogen-bond donors (Lipinski definition) is 1. The maximum atomic E-state index is 12.7. The minimum absolute atomic E-state index is 0.211. The highest BCUT2D eigenvalue weighted by Gasteiger charge is 2.26. The minimum Gasteiger partial charge on any atom is -0.383 e. The molecule has 0 saturated carbocycles. The first kappa shape index (κ1) is 23.5. The van der Waals surface area contributed by atoms with Gasteiger partial charge in [0.25, 0.3) is 0 Å². The molecule has 0 aliphatic carbocycles. The monoisotopic (exact) mass is 502 g/mol. The van der Waals surface area contributed by atoms with Crippen LogP contribution < -0.4 is 5.73 Å². The summed E-state index contributed by atoms with van der Waals surface area (Å²) in [6.07, 6.45) is 0. The van der Waals surface area contributed by atoms with Gasteiger partial charge in [-0.1, -0.05) is 30.4 Å². The zero-order chi connectivity index (χ0) is 23.4. The number of aromatic nitrogens is 2. The first-order valence-electron chi connectivity index (χ1n) is 10.1. The van der Waals surface area contributed by atoms with Crippen LogP contribution in [-0.2, 0) is 14.8 Å². The van der Waals surface area contributed by atoms with Crippen LogP contribution in [0.1, 0.15) is 11.3 Å². The number of rotatable bonds is 6. The van der Waals surface area contributed by atoms with Gasteiger partial charge in [-0.3, -0.25) is 0 Å². The smallest absolute Gasteiger partial charge is 0.243 e. The Morgan fingerprint density at radius 3 is 2.45 bits per heavy atom. The molecule has 0 bridgehead atoms. The lowest BCUT2D eigenvalue weighted by Crippen LogP contribution is -2.40. The normalized spacial score (nSPS) is 15.2. The number of anilines is 1. The van der Waals surface area contributed by atoms with Gasteiger partial charge < -0.3 is 10.5 Å². The fraction of sp³-hybridized carbons (Fsp3) is 0.238. The zero-order valence-corrected chi connectivity index (χ0v) is 20.2. The second kappa shape index (κ2) is 10.1. The van der Waals surface area contributed by atoms with E-state index in [1.807, 2.05) is 37.3 Å². The van der Waals surface area contributed by atoms with Gasteiger partial charge in [0.2, 0.25) is 10.0 Å². The average molecular weight is 503 g/mol. The maximum absolute atomic E-state index is 12.7. The van der Waals surface area contributed by atoms with E-state index in [0.717, 1.165) is 17.6 Å². The van der Waals surface area contributed by atoms with Crippen molar-refractivity contribution in [2.45, 2.75) is 11.8 Å². The molecule has 172 valence electrons. The number of sulfonamides is 1. The summed E-state index contributed by atoms with van der Waals surface area (Å²) in [4.78, 5) is 0.211. The number of para-hydroxylation sites is 1. The minimum atomic E-state index is -3.55. The van der Waals surface area contributed by atoms with E-state index in [-0.39, 0.29) is 4.90 Å². The molecular formula is C21H22N6O3S3. The van der Waals surface area contributed by atoms with Gasteiger partial charge in [-0.2, -0.15) is 9.40 Å². The summed E-state index contributed by atoms with van der Waals surface area (Å²) in [6.45, 7) is 3.33. The largest absolute Gasteiger partial charge is 0.383 e. The Bertz CT molecular complexity index is 1270. The van der Waals surface area contributed by atoms with Crippen molar-refractivity contribution in [3.05, 3.63) is 65.9 Å². The van der Waals surface area contributed by atoms with Gasteiger partial charge in [-0.05, 0) is 43.3 Å². The molecule has 0 unspecified atom stereocenters. The average Bonchev–Trinajstić information content (AvgIpc) is 3.14. The molecule has 12 heteroatoms. The van der Waals surface area contributed by atoms with Gasteiger partial charge in [0.1, 0.15) is 10.0 Å². The van der Waals surface area contributed by atoms with E-state index in [2.05, 4.69) is 14.7 Å². The van der Waals surface area contributed by atoms with Crippen LogP contribution in [0.25, 0.3) is 5.69 Å². The van der Waals surface area contributed by atoms with Crippen molar-refractivity contribution in [3.63, 3.8) is 0 Å². The fourth-order valence-electron chi connectivity index (χ4n) is 3.33. The van der Waals surface area contributed by atoms with Crippen molar-refractivity contribution in [1.29, 1.82) is 0 Å². The Morgan fingerprint density at radius 2 is 1.79 bits per heavy atom. The summed E-state index contributed by atoms with van der Waals surface area (Å²) in [7, 11) is -3.55. The van der Waals surface area contributed by atoms with Crippen LogP contribution in [0.4, 0.5) is 11.5 Å². The molecule has 3 aromatic rings. The van der Waals surface area contributed by atoms with Crippen LogP contribution in [0.15, 0.2) is 69.1 Å². The molecule has 2 N–H and O–H groups in total. The van der Waals surface area contributed by atoms with E-state index in [4.69, 9.17) is 22.7 Å². The lowest BCUT2D eigenvalue weighted by molar-refractivity contribution is 0.0730. The Labute approximate surface area is 201 Å². The standard InChI is InChI=1S/C21H22N6O3S3/c1-15-19(20(22)27(24-15)17-5-3-2-4-6-17)21(31)32-25-23-16-7-9-18(10-8-16)33(28,29)26-11-13-30-14-12-26/h2-10H,11-14,22H2,1H3. The summed E-state index contributed by atoms with van der Waals surface area (Å²) in [5.74, 6) is 0.434. The lowest BCUT2D eigenvalue weighted by Gasteiger charge is -2.25. The molecule has 0 spiro atoms.